The number of amides is 1. The third-order valence-corrected chi connectivity index (χ3v) is 6.91. The highest BCUT2D eigenvalue weighted by molar-refractivity contribution is 7.17. The Bertz CT molecular complexity index is 1440. The number of nitrogens with zero attached hydrogens (tertiary/aromatic N) is 1. The number of ketones is 1. The number of fused-ring (bicyclic) bond motifs is 1. The Morgan fingerprint density at radius 1 is 1.18 bits per heavy atom. The van der Waals surface area contributed by atoms with Crippen molar-refractivity contribution >= 4 is 33.1 Å². The van der Waals surface area contributed by atoms with Gasteiger partial charge in [0.15, 0.2) is 23.0 Å². The van der Waals surface area contributed by atoms with E-state index in [0.717, 1.165) is 11.1 Å². The Balaban J connectivity index is 1.96. The van der Waals surface area contributed by atoms with Crippen LogP contribution in [-0.2, 0) is 14.3 Å². The van der Waals surface area contributed by atoms with Gasteiger partial charge in [0.25, 0.3) is 0 Å². The summed E-state index contributed by atoms with van der Waals surface area (Å²) in [7, 11) is 4.39. The molecule has 9 heteroatoms. The van der Waals surface area contributed by atoms with Crippen LogP contribution in [0.1, 0.15) is 42.7 Å². The summed E-state index contributed by atoms with van der Waals surface area (Å²) in [5.41, 5.74) is 2.43. The molecule has 2 heterocycles. The van der Waals surface area contributed by atoms with Gasteiger partial charge in [-0.25, -0.2) is 9.37 Å². The summed E-state index contributed by atoms with van der Waals surface area (Å²) in [6.07, 6.45) is 2.96. The molecule has 2 aromatic heterocycles. The average molecular weight is 539 g/mol. The lowest BCUT2D eigenvalue weighted by molar-refractivity contribution is -0.117. The van der Waals surface area contributed by atoms with Crippen molar-refractivity contribution in [2.45, 2.75) is 26.7 Å². The predicted octanol–water partition coefficient (Wildman–Crippen LogP) is 6.17. The lowest BCUT2D eigenvalue weighted by Crippen LogP contribution is -2.31. The number of aromatic nitrogens is 1. The number of nitrogens with one attached hydrogen (secondary N) is 1. The molecule has 1 aromatic carbocycles. The van der Waals surface area contributed by atoms with Gasteiger partial charge in [0, 0.05) is 27.5 Å². The minimum atomic E-state index is -0.467. The van der Waals surface area contributed by atoms with E-state index in [1.54, 1.807) is 13.0 Å². The molecule has 1 amide bonds. The number of halogens is 1. The van der Waals surface area contributed by atoms with E-state index in [0.29, 0.717) is 38.6 Å². The highest BCUT2D eigenvalue weighted by Crippen LogP contribution is 2.38. The van der Waals surface area contributed by atoms with Crippen molar-refractivity contribution in [1.82, 2.24) is 10.3 Å². The molecule has 0 unspecified atom stereocenters. The average Bonchev–Trinajstić information content (AvgIpc) is 3.36. The Morgan fingerprint density at radius 3 is 2.50 bits per heavy atom. The Labute approximate surface area is 225 Å². The quantitative estimate of drug-likeness (QED) is 0.136. The molecule has 0 radical (unpaired) electrons. The van der Waals surface area contributed by atoms with Crippen LogP contribution in [0.15, 0.2) is 65.5 Å². The number of allylic oxidation sites excluding steroid dienone is 2. The Morgan fingerprint density at radius 2 is 1.89 bits per heavy atom. The monoisotopic (exact) mass is 538 g/mol. The van der Waals surface area contributed by atoms with Crippen LogP contribution in [0.25, 0.3) is 21.3 Å². The Hall–Kier alpha value is -3.98. The van der Waals surface area contributed by atoms with E-state index in [1.165, 1.54) is 50.9 Å². The van der Waals surface area contributed by atoms with E-state index < -0.39 is 11.7 Å². The molecule has 0 bridgehead atoms. The van der Waals surface area contributed by atoms with Gasteiger partial charge in [-0.3, -0.25) is 9.59 Å². The number of benzene rings is 1. The van der Waals surface area contributed by atoms with Gasteiger partial charge in [-0.2, -0.15) is 0 Å². The lowest BCUT2D eigenvalue weighted by Gasteiger charge is -2.17. The molecule has 0 aliphatic heterocycles. The fraction of sp³-hybridized carbons (Fsp3) is 0.276. The van der Waals surface area contributed by atoms with Crippen LogP contribution in [-0.4, -0.2) is 44.5 Å². The predicted molar refractivity (Wildman–Crippen MR) is 148 cm³/mol. The van der Waals surface area contributed by atoms with Crippen LogP contribution in [0.4, 0.5) is 4.39 Å². The summed E-state index contributed by atoms with van der Waals surface area (Å²) in [4.78, 5) is 30.7. The summed E-state index contributed by atoms with van der Waals surface area (Å²) in [5, 5.41) is 5.18. The van der Waals surface area contributed by atoms with E-state index in [1.807, 2.05) is 31.4 Å². The van der Waals surface area contributed by atoms with E-state index in [9.17, 15) is 14.0 Å². The molecule has 1 N–H and O–H groups in total. The molecule has 3 rings (SSSR count). The number of rotatable bonds is 11. The molecule has 0 saturated carbocycles. The van der Waals surface area contributed by atoms with Crippen molar-refractivity contribution < 1.29 is 28.2 Å². The summed E-state index contributed by atoms with van der Waals surface area (Å²) >= 11 is 1.28. The molecule has 3 aromatic rings. The number of pyridine rings is 1. The van der Waals surface area contributed by atoms with Gasteiger partial charge in [0.05, 0.1) is 38.3 Å². The summed E-state index contributed by atoms with van der Waals surface area (Å²) < 4.78 is 30.9. The summed E-state index contributed by atoms with van der Waals surface area (Å²) in [6, 6.07) is 6.75. The second kappa shape index (κ2) is 12.5. The van der Waals surface area contributed by atoms with Crippen LogP contribution >= 0.6 is 11.3 Å². The fourth-order valence-electron chi connectivity index (χ4n) is 3.90. The molecule has 0 spiro atoms. The van der Waals surface area contributed by atoms with Crippen LogP contribution in [0, 0.1) is 5.82 Å². The maximum Gasteiger partial charge on any atom is 0.247 e. The minimum absolute atomic E-state index is 0.0127. The molecule has 200 valence electrons. The van der Waals surface area contributed by atoms with Crippen molar-refractivity contribution in [1.29, 1.82) is 0 Å². The highest BCUT2D eigenvalue weighted by atomic mass is 32.1. The van der Waals surface area contributed by atoms with Gasteiger partial charge >= 0.3 is 0 Å². The summed E-state index contributed by atoms with van der Waals surface area (Å²) in [5.74, 6) is -0.160. The molecule has 38 heavy (non-hydrogen) atoms. The number of thiophene rings is 1. The number of carbonyl (C=O) groups excluding carboxylic acids is 2. The Kier molecular flexibility index (Phi) is 9.41. The normalized spacial score (nSPS) is 12.3. The number of hydrogen-bond donors (Lipinski definition) is 1. The standard InChI is InChI=1S/C29H31FN2O5S/c1-8-24(35-5)25(36-6)12-17(4)29(34)31-14-23(33)26-27(37-7)19(16(2)3)13-22(32-26)20-15-38-28-18(20)10-9-11-21(28)30/h8-13,15-16H,1,14H2,2-7H3,(H,31,34)/b17-12+,25-24-. The minimum Gasteiger partial charge on any atom is -0.494 e. The second-order valence-electron chi connectivity index (χ2n) is 8.67. The third kappa shape index (κ3) is 5.94. The van der Waals surface area contributed by atoms with Gasteiger partial charge in [-0.05, 0) is 37.1 Å². The third-order valence-electron chi connectivity index (χ3n) is 5.90. The van der Waals surface area contributed by atoms with Crippen molar-refractivity contribution in [3.05, 3.63) is 82.5 Å². The first-order valence-electron chi connectivity index (χ1n) is 11.9. The van der Waals surface area contributed by atoms with Crippen LogP contribution in [0.2, 0.25) is 0 Å². The van der Waals surface area contributed by atoms with Crippen LogP contribution in [0.5, 0.6) is 5.75 Å². The van der Waals surface area contributed by atoms with Gasteiger partial charge < -0.3 is 19.5 Å². The molecular weight excluding hydrogens is 507 g/mol. The summed E-state index contributed by atoms with van der Waals surface area (Å²) in [6.45, 7) is 8.90. The molecule has 0 atom stereocenters. The van der Waals surface area contributed by atoms with E-state index in [4.69, 9.17) is 14.2 Å². The first-order chi connectivity index (χ1) is 18.2. The molecular formula is C29H31FN2O5S. The van der Waals surface area contributed by atoms with E-state index in [2.05, 4.69) is 16.9 Å². The van der Waals surface area contributed by atoms with Gasteiger partial charge in [-0.15, -0.1) is 11.3 Å². The molecule has 0 saturated heterocycles. The number of hydrogen-bond acceptors (Lipinski definition) is 7. The maximum atomic E-state index is 14.3. The SMILES string of the molecule is C=C/C(OC)=C(\C=C(/C)C(=O)NCC(=O)c1nc(-c2csc3c(F)cccc23)cc(C(C)C)c1OC)OC. The van der Waals surface area contributed by atoms with E-state index in [-0.39, 0.29) is 24.0 Å². The zero-order valence-corrected chi connectivity index (χ0v) is 23.1. The smallest absolute Gasteiger partial charge is 0.247 e. The number of carbonyl (C=O) groups is 2. The molecule has 0 aliphatic carbocycles. The number of ether oxygens (including phenoxy) is 3. The molecule has 0 fully saturated rings. The second-order valence-corrected chi connectivity index (χ2v) is 9.55. The van der Waals surface area contributed by atoms with Gasteiger partial charge in [0.1, 0.15) is 5.82 Å². The number of methoxy groups -OCH3 is 3. The first-order valence-corrected chi connectivity index (χ1v) is 12.7. The largest absolute Gasteiger partial charge is 0.494 e. The van der Waals surface area contributed by atoms with Gasteiger partial charge in [-0.1, -0.05) is 32.6 Å². The number of Topliss-reactive ketones (excluding diaryl/α,β-unsaturated/α-hetero) is 1. The zero-order chi connectivity index (χ0) is 28.0. The molecule has 7 nitrogen and oxygen atoms in total. The first kappa shape index (κ1) is 28.6. The van der Waals surface area contributed by atoms with E-state index >= 15 is 0 Å². The zero-order valence-electron chi connectivity index (χ0n) is 22.3. The molecule has 0 aliphatic rings. The lowest BCUT2D eigenvalue weighted by atomic mass is 9.97. The topological polar surface area (TPSA) is 86.8 Å². The fourth-order valence-corrected chi connectivity index (χ4v) is 4.87. The van der Waals surface area contributed by atoms with Crippen molar-refractivity contribution in [2.24, 2.45) is 0 Å². The van der Waals surface area contributed by atoms with Crippen LogP contribution in [0.3, 0.4) is 0 Å². The maximum absolute atomic E-state index is 14.3. The van der Waals surface area contributed by atoms with Crippen molar-refractivity contribution in [3.63, 3.8) is 0 Å². The van der Waals surface area contributed by atoms with Crippen molar-refractivity contribution in [3.8, 4) is 17.0 Å². The van der Waals surface area contributed by atoms with Gasteiger partial charge in [0.2, 0.25) is 11.7 Å². The van der Waals surface area contributed by atoms with Crippen molar-refractivity contribution in [2.75, 3.05) is 27.9 Å². The highest BCUT2D eigenvalue weighted by Gasteiger charge is 2.23. The van der Waals surface area contributed by atoms with Crippen LogP contribution < -0.4 is 10.1 Å².